The Morgan fingerprint density at radius 3 is 2.52 bits per heavy atom. The van der Waals surface area contributed by atoms with E-state index in [2.05, 4.69) is 15.8 Å². The Labute approximate surface area is 154 Å². The SMILES string of the molecule is CCOc1ccc(C=NNC(=O)C(=O)Nc2cc(Cl)ccc2Cl)cc1. The van der Waals surface area contributed by atoms with Gasteiger partial charge >= 0.3 is 11.8 Å². The van der Waals surface area contributed by atoms with E-state index in [0.29, 0.717) is 11.6 Å². The smallest absolute Gasteiger partial charge is 0.329 e. The van der Waals surface area contributed by atoms with E-state index in [1.165, 1.54) is 18.3 Å². The number of carbonyl (C=O) groups excluding carboxylic acids is 2. The molecule has 6 nitrogen and oxygen atoms in total. The first-order valence-corrected chi connectivity index (χ1v) is 8.07. The molecule has 0 atom stereocenters. The minimum Gasteiger partial charge on any atom is -0.494 e. The molecule has 0 saturated carbocycles. The molecule has 0 spiro atoms. The van der Waals surface area contributed by atoms with Crippen molar-refractivity contribution in [2.75, 3.05) is 11.9 Å². The van der Waals surface area contributed by atoms with E-state index in [1.807, 2.05) is 6.92 Å². The summed E-state index contributed by atoms with van der Waals surface area (Å²) >= 11 is 11.7. The Balaban J connectivity index is 1.90. The fraction of sp³-hybridized carbons (Fsp3) is 0.118. The molecule has 2 aromatic carbocycles. The van der Waals surface area contributed by atoms with Gasteiger partial charge in [0.1, 0.15) is 5.75 Å². The topological polar surface area (TPSA) is 79.8 Å². The highest BCUT2D eigenvalue weighted by Gasteiger charge is 2.14. The number of carbonyl (C=O) groups is 2. The number of hydrogen-bond acceptors (Lipinski definition) is 4. The highest BCUT2D eigenvalue weighted by Crippen LogP contribution is 2.25. The lowest BCUT2D eigenvalue weighted by molar-refractivity contribution is -0.136. The predicted molar refractivity (Wildman–Crippen MR) is 98.4 cm³/mol. The summed E-state index contributed by atoms with van der Waals surface area (Å²) in [7, 11) is 0. The van der Waals surface area contributed by atoms with E-state index in [4.69, 9.17) is 27.9 Å². The summed E-state index contributed by atoms with van der Waals surface area (Å²) in [6.45, 7) is 2.47. The van der Waals surface area contributed by atoms with Gasteiger partial charge in [-0.05, 0) is 55.0 Å². The van der Waals surface area contributed by atoms with Crippen molar-refractivity contribution < 1.29 is 14.3 Å². The van der Waals surface area contributed by atoms with Crippen molar-refractivity contribution in [3.8, 4) is 5.75 Å². The lowest BCUT2D eigenvalue weighted by Crippen LogP contribution is -2.32. The maximum absolute atomic E-state index is 11.8. The second-order valence-corrected chi connectivity index (χ2v) is 5.62. The van der Waals surface area contributed by atoms with Crippen molar-refractivity contribution in [3.05, 3.63) is 58.1 Å². The maximum Gasteiger partial charge on any atom is 0.329 e. The Morgan fingerprint density at radius 1 is 1.12 bits per heavy atom. The van der Waals surface area contributed by atoms with Crippen molar-refractivity contribution in [1.29, 1.82) is 0 Å². The number of benzene rings is 2. The number of nitrogens with zero attached hydrogens (tertiary/aromatic N) is 1. The highest BCUT2D eigenvalue weighted by atomic mass is 35.5. The molecule has 0 heterocycles. The fourth-order valence-electron chi connectivity index (χ4n) is 1.81. The predicted octanol–water partition coefficient (Wildman–Crippen LogP) is 3.48. The molecular formula is C17H15Cl2N3O3. The van der Waals surface area contributed by atoms with E-state index in [1.54, 1.807) is 30.3 Å². The Morgan fingerprint density at radius 2 is 1.84 bits per heavy atom. The molecule has 25 heavy (non-hydrogen) atoms. The summed E-state index contributed by atoms with van der Waals surface area (Å²) in [5, 5.41) is 6.75. The van der Waals surface area contributed by atoms with Crippen LogP contribution in [0.25, 0.3) is 0 Å². The molecule has 0 fully saturated rings. The molecule has 0 saturated heterocycles. The summed E-state index contributed by atoms with van der Waals surface area (Å²) in [4.78, 5) is 23.6. The van der Waals surface area contributed by atoms with Gasteiger partial charge < -0.3 is 10.1 Å². The van der Waals surface area contributed by atoms with Crippen molar-refractivity contribution in [2.45, 2.75) is 6.92 Å². The molecular weight excluding hydrogens is 365 g/mol. The molecule has 130 valence electrons. The molecule has 0 unspecified atom stereocenters. The lowest BCUT2D eigenvalue weighted by atomic mass is 10.2. The third kappa shape index (κ3) is 5.77. The monoisotopic (exact) mass is 379 g/mol. The first-order chi connectivity index (χ1) is 12.0. The average Bonchev–Trinajstić information content (AvgIpc) is 2.59. The Kier molecular flexibility index (Phi) is 6.80. The number of hydrogen-bond donors (Lipinski definition) is 2. The van der Waals surface area contributed by atoms with Gasteiger partial charge in [-0.25, -0.2) is 5.43 Å². The lowest BCUT2D eigenvalue weighted by Gasteiger charge is -2.06. The van der Waals surface area contributed by atoms with E-state index in [0.717, 1.165) is 11.3 Å². The third-order valence-electron chi connectivity index (χ3n) is 2.95. The molecule has 2 N–H and O–H groups in total. The summed E-state index contributed by atoms with van der Waals surface area (Å²) < 4.78 is 5.32. The number of nitrogens with one attached hydrogen (secondary N) is 2. The van der Waals surface area contributed by atoms with Gasteiger partial charge in [-0.1, -0.05) is 23.2 Å². The maximum atomic E-state index is 11.8. The van der Waals surface area contributed by atoms with Gasteiger partial charge in [0.05, 0.1) is 23.5 Å². The highest BCUT2D eigenvalue weighted by molar-refractivity contribution is 6.42. The average molecular weight is 380 g/mol. The van der Waals surface area contributed by atoms with Crippen molar-refractivity contribution in [3.63, 3.8) is 0 Å². The molecule has 0 aliphatic rings. The fourth-order valence-corrected chi connectivity index (χ4v) is 2.14. The van der Waals surface area contributed by atoms with Crippen LogP contribution in [0, 0.1) is 0 Å². The summed E-state index contributed by atoms with van der Waals surface area (Å²) in [5.41, 5.74) is 3.11. The van der Waals surface area contributed by atoms with Gasteiger partial charge in [0.25, 0.3) is 0 Å². The van der Waals surface area contributed by atoms with Gasteiger partial charge in [0.15, 0.2) is 0 Å². The second-order valence-electron chi connectivity index (χ2n) is 4.78. The molecule has 2 amide bonds. The first kappa shape index (κ1) is 18.8. The van der Waals surface area contributed by atoms with Crippen LogP contribution in [0.15, 0.2) is 47.6 Å². The van der Waals surface area contributed by atoms with Crippen LogP contribution in [-0.4, -0.2) is 24.6 Å². The molecule has 0 aliphatic heterocycles. The zero-order chi connectivity index (χ0) is 18.2. The Hall–Kier alpha value is -2.57. The third-order valence-corrected chi connectivity index (χ3v) is 3.52. The van der Waals surface area contributed by atoms with Crippen LogP contribution >= 0.6 is 23.2 Å². The van der Waals surface area contributed by atoms with Crippen LogP contribution in [0.1, 0.15) is 12.5 Å². The van der Waals surface area contributed by atoms with Crippen LogP contribution in [0.3, 0.4) is 0 Å². The second kappa shape index (κ2) is 9.05. The van der Waals surface area contributed by atoms with Crippen LogP contribution in [0.2, 0.25) is 10.0 Å². The quantitative estimate of drug-likeness (QED) is 0.474. The zero-order valence-electron chi connectivity index (χ0n) is 13.3. The van der Waals surface area contributed by atoms with Gasteiger partial charge in [-0.2, -0.15) is 5.10 Å². The van der Waals surface area contributed by atoms with Crippen molar-refractivity contribution in [1.82, 2.24) is 5.43 Å². The molecule has 0 aliphatic carbocycles. The summed E-state index contributed by atoms with van der Waals surface area (Å²) in [5.74, 6) is -1.10. The number of ether oxygens (including phenoxy) is 1. The molecule has 0 radical (unpaired) electrons. The van der Waals surface area contributed by atoms with Crippen LogP contribution in [0.5, 0.6) is 5.75 Å². The summed E-state index contributed by atoms with van der Waals surface area (Å²) in [6.07, 6.45) is 1.41. The number of halogens is 2. The van der Waals surface area contributed by atoms with E-state index < -0.39 is 11.8 Å². The van der Waals surface area contributed by atoms with Crippen LogP contribution < -0.4 is 15.5 Å². The minimum absolute atomic E-state index is 0.241. The van der Waals surface area contributed by atoms with Crippen molar-refractivity contribution in [2.24, 2.45) is 5.10 Å². The zero-order valence-corrected chi connectivity index (χ0v) is 14.8. The number of amides is 2. The Bertz CT molecular complexity index is 792. The van der Waals surface area contributed by atoms with Gasteiger partial charge in [0, 0.05) is 5.02 Å². The number of rotatable bonds is 5. The molecule has 0 aromatic heterocycles. The van der Waals surface area contributed by atoms with Crippen LogP contribution in [0.4, 0.5) is 5.69 Å². The largest absolute Gasteiger partial charge is 0.494 e. The van der Waals surface area contributed by atoms with E-state index in [-0.39, 0.29) is 10.7 Å². The number of hydrazone groups is 1. The van der Waals surface area contributed by atoms with Gasteiger partial charge in [-0.3, -0.25) is 9.59 Å². The molecule has 2 rings (SSSR count). The van der Waals surface area contributed by atoms with Crippen LogP contribution in [-0.2, 0) is 9.59 Å². The van der Waals surface area contributed by atoms with Gasteiger partial charge in [-0.15, -0.1) is 0 Å². The molecule has 0 bridgehead atoms. The van der Waals surface area contributed by atoms with E-state index in [9.17, 15) is 9.59 Å². The number of anilines is 1. The molecule has 8 heteroatoms. The van der Waals surface area contributed by atoms with Gasteiger partial charge in [0.2, 0.25) is 0 Å². The molecule has 2 aromatic rings. The first-order valence-electron chi connectivity index (χ1n) is 7.32. The van der Waals surface area contributed by atoms with Crippen molar-refractivity contribution >= 4 is 46.9 Å². The standard InChI is InChI=1S/C17H15Cl2N3O3/c1-2-25-13-6-3-11(4-7-13)10-20-22-17(24)16(23)21-15-9-12(18)5-8-14(15)19/h3-10H,2H2,1H3,(H,21,23)(H,22,24). The van der Waals surface area contributed by atoms with E-state index >= 15 is 0 Å². The minimum atomic E-state index is -0.932. The normalized spacial score (nSPS) is 10.5. The summed E-state index contributed by atoms with van der Waals surface area (Å²) in [6, 6.07) is 11.6.